The van der Waals surface area contributed by atoms with Crippen molar-refractivity contribution in [3.63, 3.8) is 0 Å². The number of hydrogen-bond acceptors (Lipinski definition) is 0. The van der Waals surface area contributed by atoms with E-state index in [1.807, 2.05) is 0 Å². The normalized spacial score (nSPS) is 0. The molecule has 0 saturated carbocycles. The van der Waals surface area contributed by atoms with E-state index in [9.17, 15) is 0 Å². The van der Waals surface area contributed by atoms with E-state index in [-0.39, 0.29) is 98.3 Å². The van der Waals surface area contributed by atoms with Crippen LogP contribution in [0.2, 0.25) is 0 Å². The smallest absolute Gasteiger partial charge is 0 e. The van der Waals surface area contributed by atoms with Gasteiger partial charge in [-0.25, -0.2) is 0 Å². The molecular weight excluding hydrogens is 550 g/mol. The summed E-state index contributed by atoms with van der Waals surface area (Å²) in [5.41, 5.74) is 0. The summed E-state index contributed by atoms with van der Waals surface area (Å²) in [6.07, 6.45) is 0. The minimum atomic E-state index is 0. The predicted molar refractivity (Wildman–Crippen MR) is 17.3 cm³/mol. The van der Waals surface area contributed by atoms with Crippen molar-refractivity contribution in [3.8, 4) is 0 Å². The van der Waals surface area contributed by atoms with E-state index in [0.717, 1.165) is 0 Å². The molecule has 0 rings (SSSR count). The van der Waals surface area contributed by atoms with Crippen molar-refractivity contribution >= 4 is 76.0 Å². The van der Waals surface area contributed by atoms with Crippen LogP contribution in [0.5, 0.6) is 0 Å². The molecule has 0 nitrogen and oxygen atoms in total. The summed E-state index contributed by atoms with van der Waals surface area (Å²) < 4.78 is 0. The third-order valence-electron chi connectivity index (χ3n) is 0. The zero-order chi connectivity index (χ0) is 0. The molecular formula is AgBiInSn. The van der Waals surface area contributed by atoms with Gasteiger partial charge < -0.3 is 0 Å². The Morgan fingerprint density at radius 3 is 1.00 bits per heavy atom. The first-order chi connectivity index (χ1) is 0. The Labute approximate surface area is 96.2 Å². The van der Waals surface area contributed by atoms with Crippen LogP contribution in [-0.4, -0.2) is 76.0 Å². The fourth-order valence-corrected chi connectivity index (χ4v) is 0. The van der Waals surface area contributed by atoms with Gasteiger partial charge in [0, 0.05) is 98.3 Å². The molecule has 4 heavy (non-hydrogen) atoms. The van der Waals surface area contributed by atoms with Crippen LogP contribution in [-0.2, 0) is 22.4 Å². The molecule has 0 N–H and O–H groups in total. The molecule has 0 saturated heterocycles. The molecule has 0 aliphatic rings. The molecule has 0 fully saturated rings. The Morgan fingerprint density at radius 1 is 1.00 bits per heavy atom. The molecule has 0 heterocycles. The van der Waals surface area contributed by atoms with Crippen molar-refractivity contribution < 1.29 is 22.4 Å². The number of rotatable bonds is 0. The van der Waals surface area contributed by atoms with E-state index in [2.05, 4.69) is 0 Å². The Balaban J connectivity index is 0. The quantitative estimate of drug-likeness (QED) is 0.335. The van der Waals surface area contributed by atoms with Crippen LogP contribution in [0, 0.1) is 0 Å². The van der Waals surface area contributed by atoms with Gasteiger partial charge in [0.05, 0.1) is 0 Å². The van der Waals surface area contributed by atoms with Gasteiger partial charge in [-0.05, 0) is 0 Å². The summed E-state index contributed by atoms with van der Waals surface area (Å²) in [7, 11) is 0. The molecule has 0 spiro atoms. The van der Waals surface area contributed by atoms with Gasteiger partial charge in [-0.1, -0.05) is 0 Å². The Hall–Kier alpha value is 3.29. The van der Waals surface area contributed by atoms with Crippen molar-refractivity contribution in [3.05, 3.63) is 0 Å². The maximum absolute atomic E-state index is 0. The van der Waals surface area contributed by atoms with Gasteiger partial charge in [0.25, 0.3) is 0 Å². The van der Waals surface area contributed by atoms with Gasteiger partial charge in [0.1, 0.15) is 0 Å². The van der Waals surface area contributed by atoms with Crippen LogP contribution in [0.25, 0.3) is 0 Å². The largest absolute Gasteiger partial charge is 0 e. The fourth-order valence-electron chi connectivity index (χ4n) is 0. The second-order valence-corrected chi connectivity index (χ2v) is 0. The van der Waals surface area contributed by atoms with Crippen molar-refractivity contribution in [2.24, 2.45) is 0 Å². The molecule has 0 aliphatic heterocycles. The Morgan fingerprint density at radius 2 is 1.00 bits per heavy atom. The average molecular weight is 550 g/mol. The molecule has 0 atom stereocenters. The summed E-state index contributed by atoms with van der Waals surface area (Å²) in [5, 5.41) is 0. The zero-order valence-electron chi connectivity index (χ0n) is 1.83. The van der Waals surface area contributed by atoms with Gasteiger partial charge >= 0.3 is 0 Å². The maximum atomic E-state index is 0. The first-order valence-electron chi connectivity index (χ1n) is 0. The molecule has 4 heteroatoms. The van der Waals surface area contributed by atoms with E-state index < -0.39 is 0 Å². The van der Waals surface area contributed by atoms with E-state index in [4.69, 9.17) is 0 Å². The molecule has 0 aromatic heterocycles. The summed E-state index contributed by atoms with van der Waals surface area (Å²) >= 11 is 0. The SMILES string of the molecule is [Ag].[Bi].[In].[Sn]. The van der Waals surface area contributed by atoms with E-state index in [0.29, 0.717) is 0 Å². The minimum Gasteiger partial charge on any atom is 0 e. The maximum Gasteiger partial charge on any atom is 0 e. The minimum absolute atomic E-state index is 0. The van der Waals surface area contributed by atoms with Crippen LogP contribution in [0.1, 0.15) is 0 Å². The van der Waals surface area contributed by atoms with E-state index in [1.54, 1.807) is 0 Å². The van der Waals surface area contributed by atoms with Crippen LogP contribution in [0.3, 0.4) is 0 Å². The molecule has 0 aromatic carbocycles. The van der Waals surface area contributed by atoms with Crippen molar-refractivity contribution in [2.75, 3.05) is 0 Å². The van der Waals surface area contributed by atoms with Crippen molar-refractivity contribution in [1.82, 2.24) is 0 Å². The predicted octanol–water partition coefficient (Wildman–Crippen LogP) is -1.14. The monoisotopic (exact) mass is 551 g/mol. The summed E-state index contributed by atoms with van der Waals surface area (Å²) in [6, 6.07) is 0. The van der Waals surface area contributed by atoms with Gasteiger partial charge in [-0.3, -0.25) is 0 Å². The van der Waals surface area contributed by atoms with Gasteiger partial charge in [-0.2, -0.15) is 0 Å². The van der Waals surface area contributed by atoms with Crippen LogP contribution in [0.4, 0.5) is 0 Å². The third kappa shape index (κ3) is 9.00. The molecule has 0 amide bonds. The van der Waals surface area contributed by atoms with Gasteiger partial charge in [0.15, 0.2) is 0 Å². The Kier molecular flexibility index (Phi) is 108. The second kappa shape index (κ2) is 16.3. The molecule has 0 unspecified atom stereocenters. The average Bonchev–Trinajstić information content (AvgIpc) is 0. The van der Waals surface area contributed by atoms with Crippen LogP contribution < -0.4 is 0 Å². The van der Waals surface area contributed by atoms with E-state index >= 15 is 0 Å². The van der Waals surface area contributed by atoms with Gasteiger partial charge in [-0.15, -0.1) is 0 Å². The third-order valence-corrected chi connectivity index (χ3v) is 0. The molecule has 0 aliphatic carbocycles. The van der Waals surface area contributed by atoms with Crippen molar-refractivity contribution in [2.45, 2.75) is 0 Å². The molecule has 0 bridgehead atoms. The topological polar surface area (TPSA) is 0 Å². The number of hydrogen-bond donors (Lipinski definition) is 0. The van der Waals surface area contributed by atoms with Gasteiger partial charge in [0.2, 0.25) is 0 Å². The summed E-state index contributed by atoms with van der Waals surface area (Å²) in [4.78, 5) is 0. The fraction of sp³-hybridized carbons (Fsp3) is 0. The first-order valence-corrected chi connectivity index (χ1v) is 0. The molecule has 23 valence electrons. The summed E-state index contributed by atoms with van der Waals surface area (Å²) in [5.74, 6) is 0. The van der Waals surface area contributed by atoms with Crippen LogP contribution >= 0.6 is 0 Å². The second-order valence-electron chi connectivity index (χ2n) is 0. The standard InChI is InChI=1S/Ag.Bi.In.Sn. The summed E-state index contributed by atoms with van der Waals surface area (Å²) in [6.45, 7) is 0. The van der Waals surface area contributed by atoms with Crippen LogP contribution in [0.15, 0.2) is 0 Å². The Bertz CT molecular complexity index is 8.00. The zero-order valence-corrected chi connectivity index (χ0v) is 12.9. The molecule has 11 radical (unpaired) electrons. The van der Waals surface area contributed by atoms with E-state index in [1.165, 1.54) is 0 Å². The molecule has 0 aromatic rings. The first kappa shape index (κ1) is 26.6. The van der Waals surface area contributed by atoms with Crippen molar-refractivity contribution in [1.29, 1.82) is 0 Å².